The molecule has 20 heavy (non-hydrogen) atoms. The van der Waals surface area contributed by atoms with Crippen LogP contribution in [0.5, 0.6) is 5.75 Å². The molecule has 1 aromatic carbocycles. The normalized spacial score (nSPS) is 30.0. The van der Waals surface area contributed by atoms with Gasteiger partial charge in [0.2, 0.25) is 5.91 Å². The predicted molar refractivity (Wildman–Crippen MR) is 77.4 cm³/mol. The van der Waals surface area contributed by atoms with E-state index >= 15 is 0 Å². The first-order chi connectivity index (χ1) is 9.70. The van der Waals surface area contributed by atoms with Crippen LogP contribution in [0, 0.1) is 5.92 Å². The van der Waals surface area contributed by atoms with Crippen molar-refractivity contribution in [2.45, 2.75) is 38.4 Å². The molecule has 1 N–H and O–H groups in total. The lowest BCUT2D eigenvalue weighted by Gasteiger charge is -2.33. The molecule has 3 atom stereocenters. The van der Waals surface area contributed by atoms with Crippen LogP contribution in [0.25, 0.3) is 0 Å². The first-order valence-electron chi connectivity index (χ1n) is 7.39. The molecule has 4 heteroatoms. The molecular formula is C16H22N2O2. The first kappa shape index (κ1) is 13.4. The molecule has 2 fully saturated rings. The summed E-state index contributed by atoms with van der Waals surface area (Å²) >= 11 is 0. The van der Waals surface area contributed by atoms with Crippen molar-refractivity contribution >= 4 is 5.91 Å². The van der Waals surface area contributed by atoms with Crippen LogP contribution in [-0.2, 0) is 4.79 Å². The summed E-state index contributed by atoms with van der Waals surface area (Å²) in [7, 11) is 1.67. The Morgan fingerprint density at radius 2 is 2.20 bits per heavy atom. The Labute approximate surface area is 120 Å². The molecule has 1 saturated carbocycles. The maximum atomic E-state index is 12.3. The number of hydrogen-bond donors (Lipinski definition) is 1. The van der Waals surface area contributed by atoms with Gasteiger partial charge in [0.05, 0.1) is 13.7 Å². The lowest BCUT2D eigenvalue weighted by Crippen LogP contribution is -2.41. The van der Waals surface area contributed by atoms with Crippen molar-refractivity contribution in [3.63, 3.8) is 0 Å². The van der Waals surface area contributed by atoms with Crippen molar-refractivity contribution < 1.29 is 9.53 Å². The van der Waals surface area contributed by atoms with Gasteiger partial charge in [0.15, 0.2) is 0 Å². The minimum Gasteiger partial charge on any atom is -0.497 e. The van der Waals surface area contributed by atoms with Gasteiger partial charge in [-0.1, -0.05) is 25.5 Å². The third-order valence-corrected chi connectivity index (χ3v) is 4.60. The Balaban J connectivity index is 1.89. The predicted octanol–water partition coefficient (Wildman–Crippen LogP) is 2.31. The molecule has 3 rings (SSSR count). The largest absolute Gasteiger partial charge is 0.497 e. The quantitative estimate of drug-likeness (QED) is 0.919. The highest BCUT2D eigenvalue weighted by Gasteiger charge is 2.40. The van der Waals surface area contributed by atoms with Gasteiger partial charge in [-0.15, -0.1) is 0 Å². The monoisotopic (exact) mass is 274 g/mol. The van der Waals surface area contributed by atoms with Crippen molar-refractivity contribution in [1.29, 1.82) is 0 Å². The summed E-state index contributed by atoms with van der Waals surface area (Å²) in [5, 5.41) is 3.34. The third-order valence-electron chi connectivity index (χ3n) is 4.60. The molecular weight excluding hydrogens is 252 g/mol. The van der Waals surface area contributed by atoms with E-state index in [2.05, 4.69) is 23.2 Å². The standard InChI is InChI=1S/C16H22N2O2/c1-11-5-3-8-14(11)18-15(19)10-17-16(18)12-6-4-7-13(9-12)20-2/h4,6-7,9,11,14,16-17H,3,5,8,10H2,1-2H3. The van der Waals surface area contributed by atoms with E-state index in [0.717, 1.165) is 17.7 Å². The SMILES string of the molecule is COc1cccc(C2NCC(=O)N2C2CCCC2C)c1. The number of nitrogens with one attached hydrogen (secondary N) is 1. The Hall–Kier alpha value is -1.55. The smallest absolute Gasteiger partial charge is 0.238 e. The van der Waals surface area contributed by atoms with Gasteiger partial charge in [-0.05, 0) is 36.5 Å². The molecule has 0 spiro atoms. The summed E-state index contributed by atoms with van der Waals surface area (Å²) in [6.07, 6.45) is 3.55. The molecule has 1 amide bonds. The average Bonchev–Trinajstić information content (AvgIpc) is 3.04. The maximum Gasteiger partial charge on any atom is 0.238 e. The Bertz CT molecular complexity index is 503. The Kier molecular flexibility index (Phi) is 3.66. The number of ether oxygens (including phenoxy) is 1. The second-order valence-corrected chi connectivity index (χ2v) is 5.84. The fraction of sp³-hybridized carbons (Fsp3) is 0.562. The van der Waals surface area contributed by atoms with E-state index in [1.165, 1.54) is 12.8 Å². The highest BCUT2D eigenvalue weighted by Crippen LogP contribution is 2.36. The summed E-state index contributed by atoms with van der Waals surface area (Å²) in [5.41, 5.74) is 1.11. The van der Waals surface area contributed by atoms with E-state index in [0.29, 0.717) is 18.5 Å². The van der Waals surface area contributed by atoms with E-state index in [9.17, 15) is 4.79 Å². The molecule has 1 aliphatic heterocycles. The molecule has 1 aliphatic carbocycles. The number of benzene rings is 1. The van der Waals surface area contributed by atoms with Crippen LogP contribution in [0.1, 0.15) is 37.9 Å². The van der Waals surface area contributed by atoms with Crippen molar-refractivity contribution in [3.05, 3.63) is 29.8 Å². The fourth-order valence-electron chi connectivity index (χ4n) is 3.52. The van der Waals surface area contributed by atoms with Crippen molar-refractivity contribution in [2.24, 2.45) is 5.92 Å². The Morgan fingerprint density at radius 3 is 2.90 bits per heavy atom. The number of rotatable bonds is 3. The van der Waals surface area contributed by atoms with E-state index < -0.39 is 0 Å². The van der Waals surface area contributed by atoms with Gasteiger partial charge in [-0.2, -0.15) is 0 Å². The second-order valence-electron chi connectivity index (χ2n) is 5.84. The summed E-state index contributed by atoms with van der Waals surface area (Å²) < 4.78 is 5.29. The van der Waals surface area contributed by atoms with Gasteiger partial charge in [-0.3, -0.25) is 10.1 Å². The summed E-state index contributed by atoms with van der Waals surface area (Å²) in [5.74, 6) is 1.64. The fourth-order valence-corrected chi connectivity index (χ4v) is 3.52. The minimum absolute atomic E-state index is 0.0110. The molecule has 3 unspecified atom stereocenters. The summed E-state index contributed by atoms with van der Waals surface area (Å²) in [6, 6.07) is 8.36. The van der Waals surface area contributed by atoms with Gasteiger partial charge >= 0.3 is 0 Å². The molecule has 0 aromatic heterocycles. The molecule has 1 saturated heterocycles. The molecule has 2 aliphatic rings. The van der Waals surface area contributed by atoms with E-state index in [1.807, 2.05) is 18.2 Å². The van der Waals surface area contributed by atoms with Crippen LogP contribution in [0.3, 0.4) is 0 Å². The number of carbonyl (C=O) groups is 1. The number of hydrogen-bond acceptors (Lipinski definition) is 3. The average molecular weight is 274 g/mol. The van der Waals surface area contributed by atoms with E-state index in [-0.39, 0.29) is 12.1 Å². The number of nitrogens with zero attached hydrogens (tertiary/aromatic N) is 1. The highest BCUT2D eigenvalue weighted by atomic mass is 16.5. The molecule has 1 aromatic rings. The molecule has 0 bridgehead atoms. The molecule has 1 heterocycles. The first-order valence-corrected chi connectivity index (χ1v) is 7.39. The second kappa shape index (κ2) is 5.44. The van der Waals surface area contributed by atoms with Crippen LogP contribution in [0.2, 0.25) is 0 Å². The van der Waals surface area contributed by atoms with Gasteiger partial charge in [-0.25, -0.2) is 0 Å². The Morgan fingerprint density at radius 1 is 1.35 bits per heavy atom. The minimum atomic E-state index is -0.0110. The summed E-state index contributed by atoms with van der Waals surface area (Å²) in [6.45, 7) is 2.69. The maximum absolute atomic E-state index is 12.3. The zero-order valence-electron chi connectivity index (χ0n) is 12.1. The van der Waals surface area contributed by atoms with Crippen molar-refractivity contribution in [1.82, 2.24) is 10.2 Å². The third kappa shape index (κ3) is 2.29. The summed E-state index contributed by atoms with van der Waals surface area (Å²) in [4.78, 5) is 14.3. The van der Waals surface area contributed by atoms with Gasteiger partial charge in [0.1, 0.15) is 11.9 Å². The van der Waals surface area contributed by atoms with Crippen LogP contribution < -0.4 is 10.1 Å². The number of amides is 1. The van der Waals surface area contributed by atoms with Crippen LogP contribution >= 0.6 is 0 Å². The number of methoxy groups -OCH3 is 1. The van der Waals surface area contributed by atoms with Gasteiger partial charge in [0.25, 0.3) is 0 Å². The highest BCUT2D eigenvalue weighted by molar-refractivity contribution is 5.81. The zero-order valence-corrected chi connectivity index (χ0v) is 12.1. The lowest BCUT2D eigenvalue weighted by atomic mass is 10.0. The zero-order chi connectivity index (χ0) is 14.1. The van der Waals surface area contributed by atoms with Crippen molar-refractivity contribution in [3.8, 4) is 5.75 Å². The lowest BCUT2D eigenvalue weighted by molar-refractivity contribution is -0.131. The van der Waals surface area contributed by atoms with Crippen LogP contribution in [0.4, 0.5) is 0 Å². The number of carbonyl (C=O) groups excluding carboxylic acids is 1. The van der Waals surface area contributed by atoms with Crippen LogP contribution in [-0.4, -0.2) is 30.5 Å². The molecule has 108 valence electrons. The molecule has 4 nitrogen and oxygen atoms in total. The van der Waals surface area contributed by atoms with E-state index in [4.69, 9.17) is 4.74 Å². The van der Waals surface area contributed by atoms with Gasteiger partial charge in [0, 0.05) is 6.04 Å². The van der Waals surface area contributed by atoms with Crippen molar-refractivity contribution in [2.75, 3.05) is 13.7 Å². The van der Waals surface area contributed by atoms with Crippen LogP contribution in [0.15, 0.2) is 24.3 Å². The molecule has 0 radical (unpaired) electrons. The van der Waals surface area contributed by atoms with Gasteiger partial charge < -0.3 is 9.64 Å². The van der Waals surface area contributed by atoms with E-state index in [1.54, 1.807) is 7.11 Å². The topological polar surface area (TPSA) is 41.6 Å².